The average Bonchev–Trinajstić information content (AvgIpc) is 2.98. The molecule has 6 nitrogen and oxygen atoms in total. The van der Waals surface area contributed by atoms with Crippen molar-refractivity contribution >= 4 is 29.7 Å². The van der Waals surface area contributed by atoms with E-state index in [1.54, 1.807) is 18.5 Å². The fraction of sp³-hybridized carbons (Fsp3) is 0.500. The van der Waals surface area contributed by atoms with E-state index in [-0.39, 0.29) is 24.4 Å². The zero-order valence-corrected chi connectivity index (χ0v) is 15.2. The number of hydrogen-bond donors (Lipinski definition) is 2. The molecule has 0 saturated heterocycles. The van der Waals surface area contributed by atoms with E-state index < -0.39 is 0 Å². The molecular weight excluding hydrogens is 346 g/mol. The Morgan fingerprint density at radius 2 is 2.04 bits per heavy atom. The second-order valence-electron chi connectivity index (χ2n) is 5.87. The smallest absolute Gasteiger partial charge is 0.263 e. The van der Waals surface area contributed by atoms with E-state index in [4.69, 9.17) is 5.73 Å². The first kappa shape index (κ1) is 18.8. The normalized spacial score (nSPS) is 20.2. The van der Waals surface area contributed by atoms with Crippen LogP contribution in [0.15, 0.2) is 18.5 Å². The fourth-order valence-electron chi connectivity index (χ4n) is 3.03. The maximum atomic E-state index is 12.6. The molecule has 0 spiro atoms. The van der Waals surface area contributed by atoms with Gasteiger partial charge in [0.1, 0.15) is 4.88 Å². The molecule has 2 atom stereocenters. The summed E-state index contributed by atoms with van der Waals surface area (Å²) in [5.74, 6) is 0.863. The maximum absolute atomic E-state index is 12.6. The van der Waals surface area contributed by atoms with E-state index >= 15 is 0 Å². The van der Waals surface area contributed by atoms with Gasteiger partial charge in [0, 0.05) is 18.4 Å². The minimum atomic E-state index is -0.0625. The Morgan fingerprint density at radius 1 is 1.33 bits per heavy atom. The number of thiazole rings is 1. The molecule has 0 radical (unpaired) electrons. The number of halogens is 1. The SMILES string of the molecule is Cc1nc(-c2ncccn2)sc1C(=O)NC1CCCCC1CN.Cl. The van der Waals surface area contributed by atoms with Crippen molar-refractivity contribution in [2.45, 2.75) is 38.6 Å². The summed E-state index contributed by atoms with van der Waals surface area (Å²) in [6, 6.07) is 1.92. The van der Waals surface area contributed by atoms with Crippen LogP contribution in [0.1, 0.15) is 41.0 Å². The molecular formula is C16H22ClN5OS. The highest BCUT2D eigenvalue weighted by molar-refractivity contribution is 7.17. The summed E-state index contributed by atoms with van der Waals surface area (Å²) in [7, 11) is 0. The topological polar surface area (TPSA) is 93.8 Å². The monoisotopic (exact) mass is 367 g/mol. The van der Waals surface area contributed by atoms with Gasteiger partial charge in [-0.05, 0) is 38.3 Å². The molecule has 8 heteroatoms. The third-order valence-corrected chi connectivity index (χ3v) is 5.44. The molecule has 0 bridgehead atoms. The van der Waals surface area contributed by atoms with Gasteiger partial charge in [-0.1, -0.05) is 12.8 Å². The lowest BCUT2D eigenvalue weighted by Gasteiger charge is -2.31. The highest BCUT2D eigenvalue weighted by Gasteiger charge is 2.27. The molecule has 0 aromatic carbocycles. The number of rotatable bonds is 4. The summed E-state index contributed by atoms with van der Waals surface area (Å²) in [5.41, 5.74) is 6.56. The standard InChI is InChI=1S/C16H21N5OS.ClH/c1-10-13(23-16(20-10)14-18-7-4-8-19-14)15(22)21-12-6-3-2-5-11(12)9-17;/h4,7-8,11-12H,2-3,5-6,9,17H2,1H3,(H,21,22);1H. The predicted molar refractivity (Wildman–Crippen MR) is 97.4 cm³/mol. The predicted octanol–water partition coefficient (Wildman–Crippen LogP) is 2.58. The highest BCUT2D eigenvalue weighted by Crippen LogP contribution is 2.27. The van der Waals surface area contributed by atoms with Crippen molar-refractivity contribution in [3.8, 4) is 10.8 Å². The minimum Gasteiger partial charge on any atom is -0.348 e. The second kappa shape index (κ2) is 8.50. The van der Waals surface area contributed by atoms with Crippen molar-refractivity contribution in [3.63, 3.8) is 0 Å². The third kappa shape index (κ3) is 4.09. The van der Waals surface area contributed by atoms with Gasteiger partial charge in [0.25, 0.3) is 5.91 Å². The summed E-state index contributed by atoms with van der Waals surface area (Å²) in [6.07, 6.45) is 7.78. The van der Waals surface area contributed by atoms with Crippen molar-refractivity contribution in [2.24, 2.45) is 11.7 Å². The van der Waals surface area contributed by atoms with Crippen LogP contribution in [-0.2, 0) is 0 Å². The average molecular weight is 368 g/mol. The van der Waals surface area contributed by atoms with Crippen LogP contribution in [0.2, 0.25) is 0 Å². The van der Waals surface area contributed by atoms with Gasteiger partial charge in [-0.15, -0.1) is 23.7 Å². The molecule has 1 aliphatic rings. The van der Waals surface area contributed by atoms with Gasteiger partial charge in [-0.3, -0.25) is 4.79 Å². The van der Waals surface area contributed by atoms with Gasteiger partial charge in [-0.25, -0.2) is 15.0 Å². The Morgan fingerprint density at radius 3 is 2.75 bits per heavy atom. The number of nitrogens with two attached hydrogens (primary N) is 1. The molecule has 130 valence electrons. The Balaban J connectivity index is 0.00000208. The van der Waals surface area contributed by atoms with E-state index in [2.05, 4.69) is 20.3 Å². The van der Waals surface area contributed by atoms with E-state index in [1.165, 1.54) is 17.8 Å². The van der Waals surface area contributed by atoms with Crippen LogP contribution in [0.4, 0.5) is 0 Å². The quantitative estimate of drug-likeness (QED) is 0.866. The van der Waals surface area contributed by atoms with Crippen molar-refractivity contribution in [1.82, 2.24) is 20.3 Å². The molecule has 0 aliphatic heterocycles. The molecule has 1 aliphatic carbocycles. The lowest BCUT2D eigenvalue weighted by Crippen LogP contribution is -2.44. The Kier molecular flexibility index (Phi) is 6.65. The van der Waals surface area contributed by atoms with E-state index in [9.17, 15) is 4.79 Å². The Labute approximate surface area is 151 Å². The molecule has 1 fully saturated rings. The Hall–Kier alpha value is -1.57. The number of amides is 1. The summed E-state index contributed by atoms with van der Waals surface area (Å²) in [6.45, 7) is 2.47. The summed E-state index contributed by atoms with van der Waals surface area (Å²) < 4.78 is 0. The van der Waals surface area contributed by atoms with Gasteiger partial charge in [0.05, 0.1) is 5.69 Å². The van der Waals surface area contributed by atoms with E-state index in [0.717, 1.165) is 25.0 Å². The third-order valence-electron chi connectivity index (χ3n) is 4.29. The van der Waals surface area contributed by atoms with Gasteiger partial charge in [0.15, 0.2) is 10.8 Å². The minimum absolute atomic E-state index is 0. The van der Waals surface area contributed by atoms with Crippen LogP contribution in [0, 0.1) is 12.8 Å². The maximum Gasteiger partial charge on any atom is 0.263 e. The lowest BCUT2D eigenvalue weighted by molar-refractivity contribution is 0.0911. The van der Waals surface area contributed by atoms with Gasteiger partial charge >= 0.3 is 0 Å². The number of carbonyl (C=O) groups excluding carboxylic acids is 1. The molecule has 2 heterocycles. The van der Waals surface area contributed by atoms with Crippen molar-refractivity contribution in [2.75, 3.05) is 6.54 Å². The van der Waals surface area contributed by atoms with Crippen molar-refractivity contribution in [1.29, 1.82) is 0 Å². The van der Waals surface area contributed by atoms with Crippen LogP contribution in [0.5, 0.6) is 0 Å². The van der Waals surface area contributed by atoms with Gasteiger partial charge in [-0.2, -0.15) is 0 Å². The molecule has 2 unspecified atom stereocenters. The van der Waals surface area contributed by atoms with Crippen molar-refractivity contribution < 1.29 is 4.79 Å². The Bertz CT molecular complexity index is 678. The molecule has 3 rings (SSSR count). The molecule has 2 aromatic heterocycles. The number of nitrogens with one attached hydrogen (secondary N) is 1. The second-order valence-corrected chi connectivity index (χ2v) is 6.87. The van der Waals surface area contributed by atoms with Crippen LogP contribution < -0.4 is 11.1 Å². The van der Waals surface area contributed by atoms with Crippen molar-refractivity contribution in [3.05, 3.63) is 29.0 Å². The molecule has 24 heavy (non-hydrogen) atoms. The zero-order chi connectivity index (χ0) is 16.2. The van der Waals surface area contributed by atoms with Crippen LogP contribution in [0.25, 0.3) is 10.8 Å². The van der Waals surface area contributed by atoms with Crippen LogP contribution in [-0.4, -0.2) is 33.4 Å². The van der Waals surface area contributed by atoms with Crippen LogP contribution in [0.3, 0.4) is 0 Å². The number of aryl methyl sites for hydroxylation is 1. The summed E-state index contributed by atoms with van der Waals surface area (Å²) in [4.78, 5) is 26.1. The first-order chi connectivity index (χ1) is 11.2. The van der Waals surface area contributed by atoms with E-state index in [0.29, 0.717) is 28.2 Å². The first-order valence-corrected chi connectivity index (χ1v) is 8.76. The van der Waals surface area contributed by atoms with Gasteiger partial charge < -0.3 is 11.1 Å². The first-order valence-electron chi connectivity index (χ1n) is 7.94. The van der Waals surface area contributed by atoms with Crippen LogP contribution >= 0.6 is 23.7 Å². The number of carbonyl (C=O) groups is 1. The molecule has 1 amide bonds. The van der Waals surface area contributed by atoms with E-state index in [1.807, 2.05) is 6.92 Å². The molecule has 2 aromatic rings. The summed E-state index contributed by atoms with van der Waals surface area (Å²) in [5, 5.41) is 3.83. The number of aromatic nitrogens is 3. The summed E-state index contributed by atoms with van der Waals surface area (Å²) >= 11 is 1.34. The van der Waals surface area contributed by atoms with Gasteiger partial charge in [0.2, 0.25) is 0 Å². The number of nitrogens with zero attached hydrogens (tertiary/aromatic N) is 3. The molecule has 3 N–H and O–H groups in total. The zero-order valence-electron chi connectivity index (χ0n) is 13.6. The highest BCUT2D eigenvalue weighted by atomic mass is 35.5. The fourth-order valence-corrected chi connectivity index (χ4v) is 3.94. The lowest BCUT2D eigenvalue weighted by atomic mass is 9.84. The largest absolute Gasteiger partial charge is 0.348 e. The number of hydrogen-bond acceptors (Lipinski definition) is 6. The molecule has 1 saturated carbocycles.